The van der Waals surface area contributed by atoms with Gasteiger partial charge in [-0.2, -0.15) is 0 Å². The lowest BCUT2D eigenvalue weighted by molar-refractivity contribution is -0.0684. The van der Waals surface area contributed by atoms with E-state index in [1.54, 1.807) is 0 Å². The van der Waals surface area contributed by atoms with Crippen molar-refractivity contribution in [3.05, 3.63) is 0 Å². The van der Waals surface area contributed by atoms with Crippen LogP contribution in [0.3, 0.4) is 0 Å². The quantitative estimate of drug-likeness (QED) is 0.758. The summed E-state index contributed by atoms with van der Waals surface area (Å²) in [6.07, 6.45) is 6.96. The highest BCUT2D eigenvalue weighted by atomic mass is 16.5. The molecule has 0 aromatic carbocycles. The molecule has 0 aliphatic heterocycles. The lowest BCUT2D eigenvalue weighted by Crippen LogP contribution is -2.44. The topological polar surface area (TPSA) is 21.3 Å². The Hall–Kier alpha value is -0.0800. The number of nitrogens with one attached hydrogen (secondary N) is 1. The van der Waals surface area contributed by atoms with Gasteiger partial charge in [-0.1, -0.05) is 34.1 Å². The van der Waals surface area contributed by atoms with E-state index in [1.165, 1.54) is 25.7 Å². The Morgan fingerprint density at radius 1 is 1.25 bits per heavy atom. The molecule has 0 bridgehead atoms. The fraction of sp³-hybridized carbons (Fsp3) is 1.00. The minimum atomic E-state index is 0.175. The average molecular weight is 284 g/mol. The van der Waals surface area contributed by atoms with Crippen LogP contribution in [0, 0.1) is 11.3 Å². The molecule has 3 atom stereocenters. The van der Waals surface area contributed by atoms with Gasteiger partial charge in [-0.05, 0) is 57.8 Å². The Kier molecular flexibility index (Phi) is 6.53. The Morgan fingerprint density at radius 2 is 1.90 bits per heavy atom. The summed E-state index contributed by atoms with van der Waals surface area (Å²) < 4.78 is 6.47. The first kappa shape index (κ1) is 18.0. The Labute approximate surface area is 127 Å². The summed E-state index contributed by atoms with van der Waals surface area (Å²) in [4.78, 5) is 0. The first-order valence-corrected chi connectivity index (χ1v) is 8.52. The van der Waals surface area contributed by atoms with E-state index in [0.717, 1.165) is 18.9 Å². The van der Waals surface area contributed by atoms with Crippen LogP contribution in [-0.2, 0) is 4.74 Å². The molecule has 120 valence electrons. The Balaban J connectivity index is 2.51. The predicted octanol–water partition coefficient (Wildman–Crippen LogP) is 4.77. The highest BCUT2D eigenvalue weighted by Crippen LogP contribution is 2.40. The van der Waals surface area contributed by atoms with Crippen molar-refractivity contribution in [1.82, 2.24) is 5.32 Å². The molecular formula is C18H37NO. The highest BCUT2D eigenvalue weighted by molar-refractivity contribution is 4.84. The summed E-state index contributed by atoms with van der Waals surface area (Å²) in [5.74, 6) is 0.793. The van der Waals surface area contributed by atoms with Gasteiger partial charge in [0, 0.05) is 12.1 Å². The fourth-order valence-electron chi connectivity index (χ4n) is 3.59. The first-order chi connectivity index (χ1) is 9.11. The van der Waals surface area contributed by atoms with Crippen molar-refractivity contribution >= 4 is 0 Å². The molecule has 0 heterocycles. The van der Waals surface area contributed by atoms with Crippen LogP contribution < -0.4 is 5.32 Å². The maximum Gasteiger partial charge on any atom is 0.0703 e. The van der Waals surface area contributed by atoms with Gasteiger partial charge >= 0.3 is 0 Å². The van der Waals surface area contributed by atoms with Gasteiger partial charge in [0.15, 0.2) is 0 Å². The van der Waals surface area contributed by atoms with Crippen LogP contribution in [-0.4, -0.2) is 24.3 Å². The zero-order valence-corrected chi connectivity index (χ0v) is 14.9. The van der Waals surface area contributed by atoms with Gasteiger partial charge in [0.1, 0.15) is 0 Å². The van der Waals surface area contributed by atoms with E-state index >= 15 is 0 Å². The molecule has 2 nitrogen and oxygen atoms in total. The monoisotopic (exact) mass is 283 g/mol. The standard InChI is InChI=1S/C18H37NO/c1-8-9-15(13-19-17(3,4)5)20-16-10-14(2)11-18(6,7)12-16/h14-16,19H,8-13H2,1-7H3. The van der Waals surface area contributed by atoms with Gasteiger partial charge in [0.2, 0.25) is 0 Å². The lowest BCUT2D eigenvalue weighted by Gasteiger charge is -2.40. The molecule has 0 spiro atoms. The molecule has 0 aromatic rings. The van der Waals surface area contributed by atoms with Crippen LogP contribution in [0.25, 0.3) is 0 Å². The molecule has 1 rings (SSSR count). The van der Waals surface area contributed by atoms with E-state index in [2.05, 4.69) is 53.8 Å². The van der Waals surface area contributed by atoms with E-state index in [-0.39, 0.29) is 5.54 Å². The predicted molar refractivity (Wildman–Crippen MR) is 88.1 cm³/mol. The molecule has 2 heteroatoms. The molecular weight excluding hydrogens is 246 g/mol. The van der Waals surface area contributed by atoms with Gasteiger partial charge < -0.3 is 10.1 Å². The average Bonchev–Trinajstić information content (AvgIpc) is 2.22. The van der Waals surface area contributed by atoms with Crippen molar-refractivity contribution in [2.24, 2.45) is 11.3 Å². The minimum absolute atomic E-state index is 0.175. The van der Waals surface area contributed by atoms with Crippen molar-refractivity contribution in [3.8, 4) is 0 Å². The third-order valence-electron chi connectivity index (χ3n) is 4.20. The molecule has 20 heavy (non-hydrogen) atoms. The zero-order chi connectivity index (χ0) is 15.4. The van der Waals surface area contributed by atoms with Crippen LogP contribution in [0.1, 0.15) is 80.6 Å². The summed E-state index contributed by atoms with van der Waals surface area (Å²) in [5, 5.41) is 3.60. The second kappa shape index (κ2) is 7.26. The largest absolute Gasteiger partial charge is 0.374 e. The molecule has 3 unspecified atom stereocenters. The fourth-order valence-corrected chi connectivity index (χ4v) is 3.59. The lowest BCUT2D eigenvalue weighted by atomic mass is 9.71. The van der Waals surface area contributed by atoms with Gasteiger partial charge in [-0.15, -0.1) is 0 Å². The molecule has 0 aromatic heterocycles. The smallest absolute Gasteiger partial charge is 0.0703 e. The van der Waals surface area contributed by atoms with Gasteiger partial charge in [0.05, 0.1) is 12.2 Å². The normalized spacial score (nSPS) is 28.4. The molecule has 1 aliphatic carbocycles. The van der Waals surface area contributed by atoms with Crippen molar-refractivity contribution in [2.45, 2.75) is 98.3 Å². The van der Waals surface area contributed by atoms with E-state index in [0.29, 0.717) is 17.6 Å². The van der Waals surface area contributed by atoms with Crippen LogP contribution in [0.4, 0.5) is 0 Å². The summed E-state index contributed by atoms with van der Waals surface area (Å²) in [7, 11) is 0. The maximum atomic E-state index is 6.47. The molecule has 1 N–H and O–H groups in total. The molecule has 0 saturated heterocycles. The second-order valence-corrected chi connectivity index (χ2v) is 8.71. The van der Waals surface area contributed by atoms with E-state index < -0.39 is 0 Å². The van der Waals surface area contributed by atoms with Crippen LogP contribution in [0.5, 0.6) is 0 Å². The minimum Gasteiger partial charge on any atom is -0.374 e. The van der Waals surface area contributed by atoms with Crippen LogP contribution >= 0.6 is 0 Å². The van der Waals surface area contributed by atoms with E-state index in [1.807, 2.05) is 0 Å². The molecule has 1 saturated carbocycles. The van der Waals surface area contributed by atoms with Gasteiger partial charge in [-0.25, -0.2) is 0 Å². The van der Waals surface area contributed by atoms with Crippen molar-refractivity contribution in [3.63, 3.8) is 0 Å². The molecule has 0 amide bonds. The summed E-state index contributed by atoms with van der Waals surface area (Å²) >= 11 is 0. The number of hydrogen-bond donors (Lipinski definition) is 1. The van der Waals surface area contributed by atoms with Gasteiger partial charge in [0.25, 0.3) is 0 Å². The number of rotatable bonds is 6. The third kappa shape index (κ3) is 7.08. The second-order valence-electron chi connectivity index (χ2n) is 8.71. The van der Waals surface area contributed by atoms with Crippen LogP contribution in [0.15, 0.2) is 0 Å². The number of hydrogen-bond acceptors (Lipinski definition) is 2. The van der Waals surface area contributed by atoms with Crippen molar-refractivity contribution < 1.29 is 4.74 Å². The first-order valence-electron chi connectivity index (χ1n) is 8.52. The zero-order valence-electron chi connectivity index (χ0n) is 14.9. The van der Waals surface area contributed by atoms with E-state index in [4.69, 9.17) is 4.74 Å². The maximum absolute atomic E-state index is 6.47. The Bertz CT molecular complexity index is 280. The van der Waals surface area contributed by atoms with Crippen molar-refractivity contribution in [2.75, 3.05) is 6.54 Å². The molecule has 0 radical (unpaired) electrons. The third-order valence-corrected chi connectivity index (χ3v) is 4.20. The Morgan fingerprint density at radius 3 is 2.40 bits per heavy atom. The highest BCUT2D eigenvalue weighted by Gasteiger charge is 2.33. The molecule has 1 fully saturated rings. The molecule has 1 aliphatic rings. The van der Waals surface area contributed by atoms with Gasteiger partial charge in [-0.3, -0.25) is 0 Å². The SMILES string of the molecule is CCCC(CNC(C)(C)C)OC1CC(C)CC(C)(C)C1. The summed E-state index contributed by atoms with van der Waals surface area (Å²) in [6, 6.07) is 0. The van der Waals surface area contributed by atoms with Crippen molar-refractivity contribution in [1.29, 1.82) is 0 Å². The number of ether oxygens (including phenoxy) is 1. The summed E-state index contributed by atoms with van der Waals surface area (Å²) in [5.41, 5.74) is 0.616. The summed E-state index contributed by atoms with van der Waals surface area (Å²) in [6.45, 7) is 17.1. The van der Waals surface area contributed by atoms with Crippen LogP contribution in [0.2, 0.25) is 0 Å². The van der Waals surface area contributed by atoms with E-state index in [9.17, 15) is 0 Å².